The molecule has 0 saturated carbocycles. The van der Waals surface area contributed by atoms with Crippen LogP contribution in [0.3, 0.4) is 0 Å². The molecular formula is C13H16BrN3O3. The minimum Gasteiger partial charge on any atom is -0.487 e. The summed E-state index contributed by atoms with van der Waals surface area (Å²) in [5, 5.41) is 19.7. The molecule has 0 aromatic heterocycles. The van der Waals surface area contributed by atoms with E-state index < -0.39 is 10.5 Å². The summed E-state index contributed by atoms with van der Waals surface area (Å²) in [4.78, 5) is 10.4. The Hall–Kier alpha value is -1.65. The Bertz CT molecular complexity index is 526. The maximum atomic E-state index is 10.9. The number of nitrogens with zero attached hydrogens (tertiary/aromatic N) is 2. The molecule has 1 aromatic rings. The molecule has 0 aliphatic rings. The predicted octanol–water partition coefficient (Wildman–Crippen LogP) is 3.15. The molecule has 20 heavy (non-hydrogen) atoms. The Balaban J connectivity index is 2.47. The molecular weight excluding hydrogens is 326 g/mol. The van der Waals surface area contributed by atoms with E-state index in [2.05, 4.69) is 15.9 Å². The molecule has 1 atom stereocenters. The van der Waals surface area contributed by atoms with Gasteiger partial charge in [-0.05, 0) is 38.3 Å². The van der Waals surface area contributed by atoms with E-state index in [1.807, 2.05) is 6.07 Å². The largest absolute Gasteiger partial charge is 0.487 e. The second-order valence-electron chi connectivity index (χ2n) is 4.70. The third-order valence-corrected chi connectivity index (χ3v) is 3.21. The summed E-state index contributed by atoms with van der Waals surface area (Å²) in [5.74, 6) is 0.244. The third-order valence-electron chi connectivity index (χ3n) is 2.72. The van der Waals surface area contributed by atoms with Crippen LogP contribution < -0.4 is 10.5 Å². The van der Waals surface area contributed by atoms with Crippen LogP contribution in [0, 0.1) is 21.4 Å². The summed E-state index contributed by atoms with van der Waals surface area (Å²) in [6, 6.07) is 6.68. The molecule has 0 aliphatic carbocycles. The van der Waals surface area contributed by atoms with E-state index in [4.69, 9.17) is 15.7 Å². The number of unbranched alkanes of at least 4 members (excludes halogenated alkanes) is 1. The zero-order valence-electron chi connectivity index (χ0n) is 11.1. The van der Waals surface area contributed by atoms with E-state index in [0.29, 0.717) is 23.9 Å². The first-order chi connectivity index (χ1) is 9.35. The van der Waals surface area contributed by atoms with E-state index in [9.17, 15) is 10.1 Å². The van der Waals surface area contributed by atoms with Crippen LogP contribution in [-0.2, 0) is 0 Å². The van der Waals surface area contributed by atoms with Crippen LogP contribution in [-0.4, -0.2) is 17.1 Å². The lowest BCUT2D eigenvalue weighted by Gasteiger charge is -2.14. The molecule has 0 fully saturated rings. The molecule has 0 bridgehead atoms. The highest BCUT2D eigenvalue weighted by molar-refractivity contribution is 9.10. The quantitative estimate of drug-likeness (QED) is 0.466. The van der Waals surface area contributed by atoms with Crippen molar-refractivity contribution >= 4 is 21.6 Å². The van der Waals surface area contributed by atoms with Gasteiger partial charge in [-0.2, -0.15) is 5.26 Å². The number of ether oxygens (including phenoxy) is 1. The lowest BCUT2D eigenvalue weighted by Crippen LogP contribution is -2.33. The Morgan fingerprint density at radius 2 is 2.25 bits per heavy atom. The Labute approximate surface area is 125 Å². The van der Waals surface area contributed by atoms with Gasteiger partial charge in [-0.25, -0.2) is 0 Å². The standard InChI is InChI=1S/C13H16BrN3O3/c1-13(16,9-15)6-2-3-7-20-12-5-4-10(14)8-11(12)17(18)19/h4-5,8H,2-3,6-7,16H2,1H3. The third kappa shape index (κ3) is 5.15. The number of rotatable bonds is 7. The topological polar surface area (TPSA) is 102 Å². The van der Waals surface area contributed by atoms with Gasteiger partial charge in [0, 0.05) is 10.5 Å². The van der Waals surface area contributed by atoms with Gasteiger partial charge in [0.25, 0.3) is 0 Å². The zero-order valence-corrected chi connectivity index (χ0v) is 12.7. The van der Waals surface area contributed by atoms with Gasteiger partial charge in [-0.15, -0.1) is 0 Å². The number of nitrogens with two attached hydrogens (primary N) is 1. The molecule has 6 nitrogen and oxygen atoms in total. The normalized spacial score (nSPS) is 13.3. The first-order valence-electron chi connectivity index (χ1n) is 6.12. The molecule has 7 heteroatoms. The van der Waals surface area contributed by atoms with E-state index in [0.717, 1.165) is 6.42 Å². The van der Waals surface area contributed by atoms with Crippen molar-refractivity contribution in [2.75, 3.05) is 6.61 Å². The van der Waals surface area contributed by atoms with Crippen molar-refractivity contribution in [3.8, 4) is 11.8 Å². The second-order valence-corrected chi connectivity index (χ2v) is 5.62. The van der Waals surface area contributed by atoms with E-state index >= 15 is 0 Å². The molecule has 0 spiro atoms. The fraction of sp³-hybridized carbons (Fsp3) is 0.462. The number of benzene rings is 1. The molecule has 0 radical (unpaired) electrons. The minimum atomic E-state index is -0.830. The van der Waals surface area contributed by atoms with Gasteiger partial charge in [0.15, 0.2) is 5.75 Å². The van der Waals surface area contributed by atoms with Crippen LogP contribution >= 0.6 is 15.9 Å². The van der Waals surface area contributed by atoms with Gasteiger partial charge in [0.2, 0.25) is 0 Å². The van der Waals surface area contributed by atoms with E-state index in [-0.39, 0.29) is 11.4 Å². The average molecular weight is 342 g/mol. The lowest BCUT2D eigenvalue weighted by atomic mass is 9.98. The average Bonchev–Trinajstić information content (AvgIpc) is 2.39. The number of nitriles is 1. The molecule has 0 aliphatic heterocycles. The number of hydrogen-bond donors (Lipinski definition) is 1. The van der Waals surface area contributed by atoms with Crippen molar-refractivity contribution in [1.29, 1.82) is 5.26 Å². The first kappa shape index (κ1) is 16.4. The van der Waals surface area contributed by atoms with Crippen LogP contribution in [0.2, 0.25) is 0 Å². The van der Waals surface area contributed by atoms with Crippen LogP contribution in [0.4, 0.5) is 5.69 Å². The zero-order chi connectivity index (χ0) is 15.2. The summed E-state index contributed by atoms with van der Waals surface area (Å²) >= 11 is 3.18. The van der Waals surface area contributed by atoms with Crippen molar-refractivity contribution in [3.05, 3.63) is 32.8 Å². The SMILES string of the molecule is CC(N)(C#N)CCCCOc1ccc(Br)cc1[N+](=O)[O-]. The second kappa shape index (κ2) is 7.22. The highest BCUT2D eigenvalue weighted by Gasteiger charge is 2.17. The summed E-state index contributed by atoms with van der Waals surface area (Å²) in [7, 11) is 0. The number of halogens is 1. The number of nitro groups is 1. The molecule has 1 rings (SSSR count). The van der Waals surface area contributed by atoms with Crippen molar-refractivity contribution in [3.63, 3.8) is 0 Å². The Morgan fingerprint density at radius 3 is 2.85 bits per heavy atom. The number of nitro benzene ring substituents is 1. The highest BCUT2D eigenvalue weighted by Crippen LogP contribution is 2.30. The first-order valence-corrected chi connectivity index (χ1v) is 6.92. The molecule has 0 heterocycles. The van der Waals surface area contributed by atoms with E-state index in [1.165, 1.54) is 6.07 Å². The summed E-state index contributed by atoms with van der Waals surface area (Å²) in [6.07, 6.45) is 1.97. The van der Waals surface area contributed by atoms with Gasteiger partial charge >= 0.3 is 5.69 Å². The van der Waals surface area contributed by atoms with Gasteiger partial charge in [0.1, 0.15) is 5.54 Å². The maximum Gasteiger partial charge on any atom is 0.312 e. The summed E-state index contributed by atoms with van der Waals surface area (Å²) in [6.45, 7) is 2.03. The summed E-state index contributed by atoms with van der Waals surface area (Å²) < 4.78 is 6.04. The van der Waals surface area contributed by atoms with Gasteiger partial charge < -0.3 is 10.5 Å². The van der Waals surface area contributed by atoms with Crippen molar-refractivity contribution < 1.29 is 9.66 Å². The van der Waals surface area contributed by atoms with Crippen molar-refractivity contribution in [2.45, 2.75) is 31.7 Å². The van der Waals surface area contributed by atoms with Crippen LogP contribution in [0.5, 0.6) is 5.75 Å². The maximum absolute atomic E-state index is 10.9. The van der Waals surface area contributed by atoms with Gasteiger partial charge in [0.05, 0.1) is 17.6 Å². The van der Waals surface area contributed by atoms with Crippen molar-refractivity contribution in [2.24, 2.45) is 5.73 Å². The number of hydrogen-bond acceptors (Lipinski definition) is 5. The molecule has 1 unspecified atom stereocenters. The van der Waals surface area contributed by atoms with Gasteiger partial charge in [-0.1, -0.05) is 15.9 Å². The Kier molecular flexibility index (Phi) is 5.92. The molecule has 0 amide bonds. The molecule has 2 N–H and O–H groups in total. The smallest absolute Gasteiger partial charge is 0.312 e. The Morgan fingerprint density at radius 1 is 1.55 bits per heavy atom. The highest BCUT2D eigenvalue weighted by atomic mass is 79.9. The lowest BCUT2D eigenvalue weighted by molar-refractivity contribution is -0.385. The monoisotopic (exact) mass is 341 g/mol. The molecule has 0 saturated heterocycles. The van der Waals surface area contributed by atoms with Crippen molar-refractivity contribution in [1.82, 2.24) is 0 Å². The fourth-order valence-electron chi connectivity index (χ4n) is 1.59. The van der Waals surface area contributed by atoms with Crippen LogP contribution in [0.15, 0.2) is 22.7 Å². The van der Waals surface area contributed by atoms with Crippen LogP contribution in [0.25, 0.3) is 0 Å². The van der Waals surface area contributed by atoms with Gasteiger partial charge in [-0.3, -0.25) is 10.1 Å². The van der Waals surface area contributed by atoms with Crippen LogP contribution in [0.1, 0.15) is 26.2 Å². The molecule has 1 aromatic carbocycles. The fourth-order valence-corrected chi connectivity index (χ4v) is 1.94. The predicted molar refractivity (Wildman–Crippen MR) is 78.3 cm³/mol. The summed E-state index contributed by atoms with van der Waals surface area (Å²) in [5.41, 5.74) is 4.79. The van der Waals surface area contributed by atoms with E-state index in [1.54, 1.807) is 19.1 Å². The molecule has 108 valence electrons. The minimum absolute atomic E-state index is 0.0694.